The molecule has 0 saturated carbocycles. The molecule has 0 saturated heterocycles. The van der Waals surface area contributed by atoms with Crippen molar-refractivity contribution in [3.8, 4) is 23.0 Å². The Bertz CT molecular complexity index is 1440. The Morgan fingerprint density at radius 3 is 2.53 bits per heavy atom. The Balaban J connectivity index is 1.33. The maximum absolute atomic E-state index is 12.9. The molecule has 1 N–H and O–H groups in total. The highest BCUT2D eigenvalue weighted by Gasteiger charge is 2.30. The number of pyridine rings is 1. The first-order valence-corrected chi connectivity index (χ1v) is 11.5. The number of nitrogens with zero attached hydrogens (tertiary/aromatic N) is 3. The van der Waals surface area contributed by atoms with Crippen molar-refractivity contribution in [1.29, 1.82) is 0 Å². The zero-order valence-electron chi connectivity index (χ0n) is 18.8. The van der Waals surface area contributed by atoms with Crippen molar-refractivity contribution in [3.05, 3.63) is 105 Å². The van der Waals surface area contributed by atoms with Crippen LogP contribution >= 0.6 is 11.6 Å². The van der Waals surface area contributed by atoms with Crippen molar-refractivity contribution >= 4 is 11.6 Å². The zero-order chi connectivity index (χ0) is 25.3. The summed E-state index contributed by atoms with van der Waals surface area (Å²) in [6, 6.07) is 15.3. The second kappa shape index (κ2) is 9.75. The summed E-state index contributed by atoms with van der Waals surface area (Å²) in [6.07, 6.45) is -2.25. The molecule has 0 unspecified atom stereocenters. The zero-order valence-corrected chi connectivity index (χ0v) is 19.6. The minimum Gasteiger partial charge on any atom is -0.439 e. The van der Waals surface area contributed by atoms with Crippen LogP contribution in [-0.4, -0.2) is 26.4 Å². The number of alkyl halides is 3. The summed E-state index contributed by atoms with van der Waals surface area (Å²) in [5, 5.41) is 0.607. The average molecular weight is 513 g/mol. The van der Waals surface area contributed by atoms with E-state index in [0.717, 1.165) is 17.7 Å². The monoisotopic (exact) mass is 512 g/mol. The van der Waals surface area contributed by atoms with Gasteiger partial charge in [-0.25, -0.2) is 9.97 Å². The van der Waals surface area contributed by atoms with E-state index in [2.05, 4.69) is 19.9 Å². The van der Waals surface area contributed by atoms with Gasteiger partial charge in [-0.15, -0.1) is 0 Å². The molecule has 10 heteroatoms. The molecule has 0 fully saturated rings. The number of rotatable bonds is 5. The van der Waals surface area contributed by atoms with Gasteiger partial charge < -0.3 is 9.72 Å². The van der Waals surface area contributed by atoms with Crippen molar-refractivity contribution in [3.63, 3.8) is 0 Å². The van der Waals surface area contributed by atoms with Gasteiger partial charge in [0.2, 0.25) is 5.88 Å². The highest BCUT2D eigenvalue weighted by Crippen LogP contribution is 2.31. The third-order valence-electron chi connectivity index (χ3n) is 5.91. The molecular weight excluding hydrogens is 493 g/mol. The number of fused-ring (bicyclic) bond motifs is 1. The van der Waals surface area contributed by atoms with Gasteiger partial charge in [0.05, 0.1) is 16.8 Å². The van der Waals surface area contributed by atoms with Crippen molar-refractivity contribution in [1.82, 2.24) is 19.9 Å². The van der Waals surface area contributed by atoms with Crippen LogP contribution in [0.3, 0.4) is 0 Å². The molecule has 0 spiro atoms. The normalized spacial score (nSPS) is 13.9. The Kier molecular flexibility index (Phi) is 6.51. The molecule has 2 aromatic carbocycles. The van der Waals surface area contributed by atoms with Gasteiger partial charge in [-0.1, -0.05) is 29.8 Å². The molecule has 1 aliphatic heterocycles. The van der Waals surface area contributed by atoms with Crippen LogP contribution in [0, 0.1) is 0 Å². The van der Waals surface area contributed by atoms with Gasteiger partial charge >= 0.3 is 6.18 Å². The summed E-state index contributed by atoms with van der Waals surface area (Å²) in [4.78, 5) is 26.6. The van der Waals surface area contributed by atoms with Gasteiger partial charge in [-0.3, -0.25) is 9.69 Å². The number of benzene rings is 2. The number of aromatic nitrogens is 3. The lowest BCUT2D eigenvalue weighted by atomic mass is 10.1. The summed E-state index contributed by atoms with van der Waals surface area (Å²) in [5.74, 6) is 1.34. The fourth-order valence-electron chi connectivity index (χ4n) is 4.06. The number of hydrogen-bond acceptors (Lipinski definition) is 5. The van der Waals surface area contributed by atoms with Crippen LogP contribution in [0.4, 0.5) is 13.2 Å². The first kappa shape index (κ1) is 24.0. The van der Waals surface area contributed by atoms with Gasteiger partial charge in [-0.05, 0) is 42.5 Å². The van der Waals surface area contributed by atoms with E-state index in [-0.39, 0.29) is 11.4 Å². The molecule has 36 heavy (non-hydrogen) atoms. The number of aromatic amines is 1. The maximum atomic E-state index is 12.9. The Labute approximate surface area is 209 Å². The second-order valence-electron chi connectivity index (χ2n) is 8.40. The molecule has 0 aliphatic carbocycles. The molecule has 0 atom stereocenters. The van der Waals surface area contributed by atoms with E-state index < -0.39 is 11.7 Å². The molecule has 3 heterocycles. The van der Waals surface area contributed by atoms with Crippen LogP contribution in [0.5, 0.6) is 11.6 Å². The van der Waals surface area contributed by atoms with Gasteiger partial charge in [0.15, 0.2) is 0 Å². The van der Waals surface area contributed by atoms with Crippen molar-refractivity contribution in [2.45, 2.75) is 25.7 Å². The maximum Gasteiger partial charge on any atom is 0.416 e. The topological polar surface area (TPSA) is 71.1 Å². The molecule has 2 aromatic heterocycles. The van der Waals surface area contributed by atoms with Gasteiger partial charge in [-0.2, -0.15) is 13.2 Å². The van der Waals surface area contributed by atoms with Crippen LogP contribution in [0.15, 0.2) is 71.7 Å². The summed E-state index contributed by atoms with van der Waals surface area (Å²) in [5.41, 5.74) is 1.42. The number of H-pyrrole nitrogens is 1. The number of ether oxygens (including phenoxy) is 1. The molecule has 0 bridgehead atoms. The lowest BCUT2D eigenvalue weighted by Crippen LogP contribution is -2.35. The van der Waals surface area contributed by atoms with E-state index in [1.165, 1.54) is 12.1 Å². The second-order valence-corrected chi connectivity index (χ2v) is 8.84. The van der Waals surface area contributed by atoms with E-state index in [4.69, 9.17) is 16.3 Å². The van der Waals surface area contributed by atoms with Gasteiger partial charge in [0.1, 0.15) is 11.6 Å². The Morgan fingerprint density at radius 1 is 1.06 bits per heavy atom. The molecule has 6 nitrogen and oxygen atoms in total. The number of hydrogen-bond donors (Lipinski definition) is 1. The third kappa shape index (κ3) is 5.27. The van der Waals surface area contributed by atoms with Crippen molar-refractivity contribution in [2.24, 2.45) is 0 Å². The lowest BCUT2D eigenvalue weighted by molar-refractivity contribution is -0.137. The molecule has 5 rings (SSSR count). The number of halogens is 4. The van der Waals surface area contributed by atoms with E-state index in [1.54, 1.807) is 30.5 Å². The minimum atomic E-state index is -4.42. The summed E-state index contributed by atoms with van der Waals surface area (Å²) >= 11 is 5.94. The molecule has 184 valence electrons. The van der Waals surface area contributed by atoms with Gasteiger partial charge in [0.25, 0.3) is 5.56 Å². The average Bonchev–Trinajstić information content (AvgIpc) is 2.86. The molecular formula is C26H20ClF3N4O2. The van der Waals surface area contributed by atoms with E-state index >= 15 is 0 Å². The first-order valence-electron chi connectivity index (χ1n) is 11.2. The van der Waals surface area contributed by atoms with Crippen LogP contribution in [0.25, 0.3) is 11.4 Å². The minimum absolute atomic E-state index is 0.256. The lowest BCUT2D eigenvalue weighted by Gasteiger charge is -2.28. The Hall–Kier alpha value is -3.69. The van der Waals surface area contributed by atoms with Crippen LogP contribution < -0.4 is 10.3 Å². The third-order valence-corrected chi connectivity index (χ3v) is 6.16. The fraction of sp³-hybridized carbons (Fsp3) is 0.192. The predicted molar refractivity (Wildman–Crippen MR) is 129 cm³/mol. The smallest absolute Gasteiger partial charge is 0.416 e. The highest BCUT2D eigenvalue weighted by atomic mass is 35.5. The van der Waals surface area contributed by atoms with Crippen molar-refractivity contribution < 1.29 is 17.9 Å². The fourth-order valence-corrected chi connectivity index (χ4v) is 4.19. The molecule has 0 amide bonds. The summed E-state index contributed by atoms with van der Waals surface area (Å²) < 4.78 is 44.5. The van der Waals surface area contributed by atoms with Crippen LogP contribution in [0.1, 0.15) is 22.4 Å². The van der Waals surface area contributed by atoms with Crippen molar-refractivity contribution in [2.75, 3.05) is 6.54 Å². The van der Waals surface area contributed by atoms with E-state index in [9.17, 15) is 18.0 Å². The van der Waals surface area contributed by atoms with Crippen LogP contribution in [0.2, 0.25) is 5.02 Å². The summed E-state index contributed by atoms with van der Waals surface area (Å²) in [7, 11) is 0. The van der Waals surface area contributed by atoms with Crippen LogP contribution in [-0.2, 0) is 25.7 Å². The van der Waals surface area contributed by atoms with E-state index in [0.29, 0.717) is 59.5 Å². The largest absolute Gasteiger partial charge is 0.439 e. The van der Waals surface area contributed by atoms with E-state index in [1.807, 2.05) is 12.1 Å². The quantitative estimate of drug-likeness (QED) is 0.363. The highest BCUT2D eigenvalue weighted by molar-refractivity contribution is 6.30. The van der Waals surface area contributed by atoms with Gasteiger partial charge in [0, 0.05) is 48.4 Å². The standard InChI is InChI=1S/C26H20ClF3N4O2/c27-19-7-9-20(10-8-19)36-25-17(2-1-12-31-25)14-34-13-11-22-21(15-34)24(35)33-23(32-22)16-3-5-18(6-4-16)26(28,29)30/h1-10,12H,11,13-15H2,(H,32,33,35). The predicted octanol–water partition coefficient (Wildman–Crippen LogP) is 5.85. The Morgan fingerprint density at radius 2 is 1.81 bits per heavy atom. The summed E-state index contributed by atoms with van der Waals surface area (Å²) in [6.45, 7) is 1.53. The molecule has 1 aliphatic rings. The first-order chi connectivity index (χ1) is 17.3. The molecule has 0 radical (unpaired) electrons. The number of nitrogens with one attached hydrogen (secondary N) is 1. The molecule has 4 aromatic rings. The SMILES string of the molecule is O=c1[nH]c(-c2ccc(C(F)(F)F)cc2)nc2c1CN(Cc1cccnc1Oc1ccc(Cl)cc1)CC2.